The molecule has 1 aromatic rings. The van der Waals surface area contributed by atoms with Crippen LogP contribution in [0.2, 0.25) is 0 Å². The molecule has 0 aromatic carbocycles. The fourth-order valence-corrected chi connectivity index (χ4v) is 4.19. The molecule has 142 valence electrons. The first-order valence-corrected chi connectivity index (χ1v) is 9.85. The van der Waals surface area contributed by atoms with Crippen LogP contribution in [0.5, 0.6) is 0 Å². The number of nitrogens with one attached hydrogen (secondary N) is 1. The van der Waals surface area contributed by atoms with Crippen LogP contribution in [0.1, 0.15) is 43.5 Å². The summed E-state index contributed by atoms with van der Waals surface area (Å²) in [5.74, 6) is 0.286. The highest BCUT2D eigenvalue weighted by molar-refractivity contribution is 7.09. The quantitative estimate of drug-likeness (QED) is 0.808. The van der Waals surface area contributed by atoms with Crippen LogP contribution in [0.15, 0.2) is 5.38 Å². The average Bonchev–Trinajstić information content (AvgIpc) is 3.27. The van der Waals surface area contributed by atoms with Crippen LogP contribution in [0.25, 0.3) is 0 Å². The van der Waals surface area contributed by atoms with Gasteiger partial charge in [-0.1, -0.05) is 0 Å². The highest BCUT2D eigenvalue weighted by Gasteiger charge is 2.29. The maximum Gasteiger partial charge on any atom is 0.239 e. The second-order valence-corrected chi connectivity index (χ2v) is 7.41. The molecule has 2 atom stereocenters. The fraction of sp³-hybridized carbons (Fsp3) is 0.765. The molecule has 3 heterocycles. The van der Waals surface area contributed by atoms with E-state index in [1.807, 2.05) is 18.7 Å². The first kappa shape index (κ1) is 20.6. The Morgan fingerprint density at radius 1 is 1.44 bits per heavy atom. The second-order valence-electron chi connectivity index (χ2n) is 6.53. The van der Waals surface area contributed by atoms with Gasteiger partial charge >= 0.3 is 0 Å². The number of aromatic nitrogens is 1. The summed E-state index contributed by atoms with van der Waals surface area (Å²) in [6.07, 6.45) is 2.17. The predicted molar refractivity (Wildman–Crippen MR) is 102 cm³/mol. The van der Waals surface area contributed by atoms with E-state index in [-0.39, 0.29) is 30.5 Å². The average molecular weight is 389 g/mol. The summed E-state index contributed by atoms with van der Waals surface area (Å²) >= 11 is 1.67. The maximum absolute atomic E-state index is 12.4. The summed E-state index contributed by atoms with van der Waals surface area (Å²) in [7, 11) is 0. The molecule has 1 aromatic heterocycles. The monoisotopic (exact) mass is 388 g/mol. The smallest absolute Gasteiger partial charge is 0.239 e. The van der Waals surface area contributed by atoms with E-state index in [9.17, 15) is 4.79 Å². The van der Waals surface area contributed by atoms with Gasteiger partial charge < -0.3 is 15.0 Å². The molecule has 8 heteroatoms. The van der Waals surface area contributed by atoms with Crippen LogP contribution in [0.4, 0.5) is 0 Å². The number of halogens is 1. The van der Waals surface area contributed by atoms with Crippen molar-refractivity contribution in [3.05, 3.63) is 16.1 Å². The van der Waals surface area contributed by atoms with Gasteiger partial charge in [0.25, 0.3) is 0 Å². The Bertz CT molecular complexity index is 543. The number of ether oxygens (including phenoxy) is 1. The lowest BCUT2D eigenvalue weighted by Gasteiger charge is -2.35. The van der Waals surface area contributed by atoms with E-state index in [0.29, 0.717) is 6.61 Å². The Labute approximate surface area is 160 Å². The number of hydrogen-bond acceptors (Lipinski definition) is 6. The van der Waals surface area contributed by atoms with Gasteiger partial charge in [0.1, 0.15) is 11.1 Å². The Kier molecular flexibility index (Phi) is 8.09. The molecular formula is C17H29ClN4O2S. The molecule has 2 aliphatic rings. The highest BCUT2D eigenvalue weighted by Crippen LogP contribution is 2.22. The van der Waals surface area contributed by atoms with E-state index in [1.165, 1.54) is 0 Å². The Hall–Kier alpha value is -0.730. The SMILES string of the molecule is CCOC(C)c1nc(CN2CCN(C(=O)[C@@H]3CCCN3)CC2)cs1.Cl. The molecule has 0 aliphatic carbocycles. The minimum absolute atomic E-state index is 0. The van der Waals surface area contributed by atoms with Gasteiger partial charge in [-0.05, 0) is 33.2 Å². The molecule has 1 N–H and O–H groups in total. The van der Waals surface area contributed by atoms with Gasteiger partial charge in [0.2, 0.25) is 5.91 Å². The number of carbonyl (C=O) groups is 1. The zero-order valence-electron chi connectivity index (χ0n) is 15.1. The van der Waals surface area contributed by atoms with Crippen LogP contribution in [-0.2, 0) is 16.1 Å². The van der Waals surface area contributed by atoms with Crippen molar-refractivity contribution in [3.63, 3.8) is 0 Å². The number of carbonyl (C=O) groups excluding carboxylic acids is 1. The molecular weight excluding hydrogens is 360 g/mol. The van der Waals surface area contributed by atoms with Crippen LogP contribution in [-0.4, -0.2) is 66.1 Å². The number of piperazine rings is 1. The largest absolute Gasteiger partial charge is 0.372 e. The van der Waals surface area contributed by atoms with Gasteiger partial charge in [-0.15, -0.1) is 23.7 Å². The zero-order valence-corrected chi connectivity index (χ0v) is 16.7. The lowest BCUT2D eigenvalue weighted by atomic mass is 10.2. The van der Waals surface area contributed by atoms with Crippen molar-refractivity contribution in [1.82, 2.24) is 20.1 Å². The highest BCUT2D eigenvalue weighted by atomic mass is 35.5. The molecule has 0 radical (unpaired) electrons. The topological polar surface area (TPSA) is 57.7 Å². The van der Waals surface area contributed by atoms with E-state index in [1.54, 1.807) is 11.3 Å². The predicted octanol–water partition coefficient (Wildman–Crippen LogP) is 2.06. The van der Waals surface area contributed by atoms with Gasteiger partial charge in [-0.25, -0.2) is 4.98 Å². The molecule has 0 saturated carbocycles. The van der Waals surface area contributed by atoms with Gasteiger partial charge in [0.15, 0.2) is 0 Å². The molecule has 2 fully saturated rings. The molecule has 0 spiro atoms. The maximum atomic E-state index is 12.4. The lowest BCUT2D eigenvalue weighted by molar-refractivity contribution is -0.134. The summed E-state index contributed by atoms with van der Waals surface area (Å²) < 4.78 is 5.60. The second kappa shape index (κ2) is 9.83. The van der Waals surface area contributed by atoms with E-state index >= 15 is 0 Å². The summed E-state index contributed by atoms with van der Waals surface area (Å²) in [5.41, 5.74) is 1.11. The van der Waals surface area contributed by atoms with Crippen molar-refractivity contribution in [2.24, 2.45) is 0 Å². The number of rotatable bonds is 6. The molecule has 1 unspecified atom stereocenters. The minimum atomic E-state index is 0. The van der Waals surface area contributed by atoms with Crippen molar-refractivity contribution in [2.75, 3.05) is 39.3 Å². The minimum Gasteiger partial charge on any atom is -0.372 e. The molecule has 1 amide bonds. The molecule has 3 rings (SSSR count). The van der Waals surface area contributed by atoms with Gasteiger partial charge in [0, 0.05) is 44.7 Å². The molecule has 0 bridgehead atoms. The zero-order chi connectivity index (χ0) is 16.9. The first-order valence-electron chi connectivity index (χ1n) is 8.97. The first-order chi connectivity index (χ1) is 11.7. The molecule has 2 saturated heterocycles. The Balaban J connectivity index is 0.00000225. The fourth-order valence-electron chi connectivity index (χ4n) is 3.37. The van der Waals surface area contributed by atoms with E-state index in [2.05, 4.69) is 15.6 Å². The van der Waals surface area contributed by atoms with Crippen LogP contribution >= 0.6 is 23.7 Å². The van der Waals surface area contributed by atoms with Crippen molar-refractivity contribution in [3.8, 4) is 0 Å². The van der Waals surface area contributed by atoms with E-state index in [0.717, 1.165) is 62.8 Å². The number of nitrogens with zero attached hydrogens (tertiary/aromatic N) is 3. The van der Waals surface area contributed by atoms with Crippen LogP contribution in [0, 0.1) is 0 Å². The Morgan fingerprint density at radius 3 is 2.84 bits per heavy atom. The van der Waals surface area contributed by atoms with Crippen molar-refractivity contribution >= 4 is 29.7 Å². The van der Waals surface area contributed by atoms with Crippen molar-refractivity contribution < 1.29 is 9.53 Å². The molecule has 2 aliphatic heterocycles. The van der Waals surface area contributed by atoms with E-state index < -0.39 is 0 Å². The third-order valence-corrected chi connectivity index (χ3v) is 5.82. The van der Waals surface area contributed by atoms with Gasteiger partial charge in [-0.2, -0.15) is 0 Å². The summed E-state index contributed by atoms with van der Waals surface area (Å²) in [4.78, 5) is 21.5. The van der Waals surface area contributed by atoms with Crippen molar-refractivity contribution in [2.45, 2.75) is 45.4 Å². The normalized spacial score (nSPS) is 22.6. The number of hydrogen-bond donors (Lipinski definition) is 1. The Morgan fingerprint density at radius 2 is 2.20 bits per heavy atom. The summed E-state index contributed by atoms with van der Waals surface area (Å²) in [6, 6.07) is 0.0534. The van der Waals surface area contributed by atoms with E-state index in [4.69, 9.17) is 9.72 Å². The van der Waals surface area contributed by atoms with Crippen LogP contribution in [0.3, 0.4) is 0 Å². The van der Waals surface area contributed by atoms with Gasteiger partial charge in [0.05, 0.1) is 11.7 Å². The summed E-state index contributed by atoms with van der Waals surface area (Å²) in [5, 5.41) is 6.48. The summed E-state index contributed by atoms with van der Waals surface area (Å²) in [6.45, 7) is 10.1. The third kappa shape index (κ3) is 5.37. The van der Waals surface area contributed by atoms with Crippen molar-refractivity contribution in [1.29, 1.82) is 0 Å². The van der Waals surface area contributed by atoms with Gasteiger partial charge in [-0.3, -0.25) is 9.69 Å². The lowest BCUT2D eigenvalue weighted by Crippen LogP contribution is -2.52. The standard InChI is InChI=1S/C17H28N4O2S.ClH/c1-3-23-13(2)16-19-14(12-24-16)11-20-7-9-21(10-8-20)17(22)15-5-4-6-18-15;/h12-13,15,18H,3-11H2,1-2H3;1H/t13?,15-;/m0./s1. The molecule has 6 nitrogen and oxygen atoms in total. The van der Waals surface area contributed by atoms with Crippen LogP contribution < -0.4 is 5.32 Å². The third-order valence-electron chi connectivity index (χ3n) is 4.76. The number of thiazole rings is 1. The molecule has 25 heavy (non-hydrogen) atoms. The number of amides is 1.